The van der Waals surface area contributed by atoms with Crippen LogP contribution >= 0.6 is 0 Å². The van der Waals surface area contributed by atoms with Crippen LogP contribution in [-0.2, 0) is 13.0 Å². The molecule has 1 aliphatic rings. The molecule has 0 saturated heterocycles. The average molecular weight is 272 g/mol. The van der Waals surface area contributed by atoms with E-state index in [0.29, 0.717) is 12.2 Å². The van der Waals surface area contributed by atoms with E-state index in [0.717, 1.165) is 36.3 Å². The summed E-state index contributed by atoms with van der Waals surface area (Å²) in [6.07, 6.45) is 2.00. The van der Waals surface area contributed by atoms with E-state index in [1.54, 1.807) is 6.07 Å². The fourth-order valence-corrected chi connectivity index (χ4v) is 2.49. The van der Waals surface area contributed by atoms with Crippen molar-refractivity contribution in [3.63, 3.8) is 0 Å². The van der Waals surface area contributed by atoms with Gasteiger partial charge >= 0.3 is 5.97 Å². The maximum Gasteiger partial charge on any atom is 0.354 e. The topological polar surface area (TPSA) is 64.4 Å². The highest BCUT2D eigenvalue weighted by atomic mass is 16.5. The van der Waals surface area contributed by atoms with E-state index in [9.17, 15) is 4.79 Å². The largest absolute Gasteiger partial charge is 0.493 e. The van der Waals surface area contributed by atoms with Gasteiger partial charge in [0, 0.05) is 12.1 Å². The van der Waals surface area contributed by atoms with E-state index >= 15 is 0 Å². The van der Waals surface area contributed by atoms with Crippen LogP contribution in [0.25, 0.3) is 11.3 Å². The van der Waals surface area contributed by atoms with Crippen LogP contribution in [0, 0.1) is 0 Å². The Morgan fingerprint density at radius 1 is 1.45 bits per heavy atom. The number of carbonyl (C=O) groups is 1. The number of hydrogen-bond acceptors (Lipinski definition) is 3. The van der Waals surface area contributed by atoms with Gasteiger partial charge in [-0.3, -0.25) is 4.68 Å². The number of aromatic nitrogens is 2. The van der Waals surface area contributed by atoms with E-state index in [-0.39, 0.29) is 5.69 Å². The summed E-state index contributed by atoms with van der Waals surface area (Å²) >= 11 is 0. The van der Waals surface area contributed by atoms with Crippen molar-refractivity contribution in [2.45, 2.75) is 26.3 Å². The Morgan fingerprint density at radius 3 is 3.00 bits per heavy atom. The van der Waals surface area contributed by atoms with Crippen LogP contribution in [0.4, 0.5) is 0 Å². The number of aromatic carboxylic acids is 1. The number of benzene rings is 1. The van der Waals surface area contributed by atoms with Gasteiger partial charge < -0.3 is 9.84 Å². The fraction of sp³-hybridized carbons (Fsp3) is 0.333. The van der Waals surface area contributed by atoms with E-state index in [2.05, 4.69) is 5.10 Å². The normalized spacial score (nSPS) is 13.7. The molecule has 5 nitrogen and oxygen atoms in total. The number of aryl methyl sites for hydroxylation is 2. The van der Waals surface area contributed by atoms with Crippen LogP contribution in [-0.4, -0.2) is 27.5 Å². The van der Waals surface area contributed by atoms with Crippen LogP contribution < -0.4 is 4.74 Å². The van der Waals surface area contributed by atoms with Crippen molar-refractivity contribution in [1.29, 1.82) is 0 Å². The lowest BCUT2D eigenvalue weighted by Gasteiger charge is -2.17. The van der Waals surface area contributed by atoms with Crippen LogP contribution in [0.1, 0.15) is 29.4 Å². The lowest BCUT2D eigenvalue weighted by Crippen LogP contribution is -2.08. The summed E-state index contributed by atoms with van der Waals surface area (Å²) < 4.78 is 7.09. The number of fused-ring (bicyclic) bond motifs is 1. The SMILES string of the molecule is CCn1nc(-c2ccc3c(c2)CCCO3)cc1C(=O)O. The van der Waals surface area contributed by atoms with Crippen molar-refractivity contribution in [2.75, 3.05) is 6.61 Å². The van der Waals surface area contributed by atoms with E-state index in [1.807, 2.05) is 25.1 Å². The van der Waals surface area contributed by atoms with Crippen molar-refractivity contribution in [3.05, 3.63) is 35.5 Å². The van der Waals surface area contributed by atoms with Crippen LogP contribution in [0.3, 0.4) is 0 Å². The molecule has 1 aromatic heterocycles. The van der Waals surface area contributed by atoms with E-state index in [1.165, 1.54) is 4.68 Å². The summed E-state index contributed by atoms with van der Waals surface area (Å²) in [5.41, 5.74) is 3.01. The maximum absolute atomic E-state index is 11.2. The van der Waals surface area contributed by atoms with Gasteiger partial charge in [0.25, 0.3) is 0 Å². The van der Waals surface area contributed by atoms with Gasteiger partial charge in [-0.05, 0) is 49.6 Å². The van der Waals surface area contributed by atoms with Gasteiger partial charge in [-0.1, -0.05) is 0 Å². The molecule has 0 amide bonds. The lowest BCUT2D eigenvalue weighted by atomic mass is 10.0. The van der Waals surface area contributed by atoms with Gasteiger partial charge in [0.15, 0.2) is 0 Å². The van der Waals surface area contributed by atoms with Crippen molar-refractivity contribution in [3.8, 4) is 17.0 Å². The number of carboxylic acids is 1. The molecule has 20 heavy (non-hydrogen) atoms. The fourth-order valence-electron chi connectivity index (χ4n) is 2.49. The Bertz CT molecular complexity index is 661. The summed E-state index contributed by atoms with van der Waals surface area (Å²) in [5, 5.41) is 13.5. The molecule has 0 aliphatic carbocycles. The highest BCUT2D eigenvalue weighted by molar-refractivity contribution is 5.87. The molecule has 0 spiro atoms. The van der Waals surface area contributed by atoms with Crippen molar-refractivity contribution in [2.24, 2.45) is 0 Å². The van der Waals surface area contributed by atoms with E-state index in [4.69, 9.17) is 9.84 Å². The number of hydrogen-bond donors (Lipinski definition) is 1. The molecule has 0 unspecified atom stereocenters. The molecule has 0 atom stereocenters. The van der Waals surface area contributed by atoms with Crippen LogP contribution in [0.2, 0.25) is 0 Å². The standard InChI is InChI=1S/C15H16N2O3/c1-2-17-13(15(18)19)9-12(16-17)10-5-6-14-11(8-10)4-3-7-20-14/h5-6,8-9H,2-4,7H2,1H3,(H,18,19). The van der Waals surface area contributed by atoms with Crippen molar-refractivity contribution < 1.29 is 14.6 Å². The van der Waals surface area contributed by atoms with Crippen LogP contribution in [0.5, 0.6) is 5.75 Å². The quantitative estimate of drug-likeness (QED) is 0.932. The molecule has 0 bridgehead atoms. The zero-order valence-corrected chi connectivity index (χ0v) is 11.3. The minimum atomic E-state index is -0.952. The first-order valence-electron chi connectivity index (χ1n) is 6.76. The minimum absolute atomic E-state index is 0.219. The second kappa shape index (κ2) is 5.00. The Kier molecular flexibility index (Phi) is 3.18. The molecule has 5 heteroatoms. The molecule has 0 fully saturated rings. The van der Waals surface area contributed by atoms with Crippen molar-refractivity contribution in [1.82, 2.24) is 9.78 Å². The Morgan fingerprint density at radius 2 is 2.30 bits per heavy atom. The Hall–Kier alpha value is -2.30. The van der Waals surface area contributed by atoms with Crippen molar-refractivity contribution >= 4 is 5.97 Å². The van der Waals surface area contributed by atoms with Crippen LogP contribution in [0.15, 0.2) is 24.3 Å². The number of ether oxygens (including phenoxy) is 1. The summed E-state index contributed by atoms with van der Waals surface area (Å²) in [5.74, 6) is -0.0275. The van der Waals surface area contributed by atoms with Gasteiger partial charge in [0.1, 0.15) is 11.4 Å². The molecular weight excluding hydrogens is 256 g/mol. The first-order valence-corrected chi connectivity index (χ1v) is 6.76. The molecule has 2 aromatic rings. The van der Waals surface area contributed by atoms with Gasteiger partial charge in [0.2, 0.25) is 0 Å². The zero-order chi connectivity index (χ0) is 14.1. The zero-order valence-electron chi connectivity index (χ0n) is 11.3. The monoisotopic (exact) mass is 272 g/mol. The molecule has 0 radical (unpaired) electrons. The summed E-state index contributed by atoms with van der Waals surface area (Å²) in [6, 6.07) is 7.53. The molecule has 1 aliphatic heterocycles. The van der Waals surface area contributed by atoms with Gasteiger partial charge in [0.05, 0.1) is 12.3 Å². The molecule has 0 saturated carbocycles. The third-order valence-corrected chi connectivity index (χ3v) is 3.50. The summed E-state index contributed by atoms with van der Waals surface area (Å²) in [6.45, 7) is 3.18. The maximum atomic E-state index is 11.2. The highest BCUT2D eigenvalue weighted by Crippen LogP contribution is 2.29. The number of rotatable bonds is 3. The smallest absolute Gasteiger partial charge is 0.354 e. The number of nitrogens with zero attached hydrogens (tertiary/aromatic N) is 2. The average Bonchev–Trinajstić information content (AvgIpc) is 2.91. The van der Waals surface area contributed by atoms with E-state index < -0.39 is 5.97 Å². The first-order chi connectivity index (χ1) is 9.69. The molecular formula is C15H16N2O3. The summed E-state index contributed by atoms with van der Waals surface area (Å²) in [4.78, 5) is 11.2. The highest BCUT2D eigenvalue weighted by Gasteiger charge is 2.16. The summed E-state index contributed by atoms with van der Waals surface area (Å²) in [7, 11) is 0. The second-order valence-corrected chi connectivity index (χ2v) is 4.81. The predicted octanol–water partition coefficient (Wildman–Crippen LogP) is 2.59. The molecule has 3 rings (SSSR count). The Labute approximate surface area is 116 Å². The predicted molar refractivity (Wildman–Crippen MR) is 74.1 cm³/mol. The third kappa shape index (κ3) is 2.15. The molecule has 2 heterocycles. The third-order valence-electron chi connectivity index (χ3n) is 3.50. The molecule has 104 valence electrons. The Balaban J connectivity index is 2.02. The minimum Gasteiger partial charge on any atom is -0.493 e. The van der Waals surface area contributed by atoms with Gasteiger partial charge in [-0.25, -0.2) is 4.79 Å². The molecule has 1 N–H and O–H groups in total. The second-order valence-electron chi connectivity index (χ2n) is 4.81. The number of carboxylic acid groups (broad SMARTS) is 1. The molecule has 1 aromatic carbocycles. The lowest BCUT2D eigenvalue weighted by molar-refractivity contribution is 0.0683. The van der Waals surface area contributed by atoms with Gasteiger partial charge in [-0.15, -0.1) is 0 Å². The van der Waals surface area contributed by atoms with Gasteiger partial charge in [-0.2, -0.15) is 5.10 Å². The first kappa shape index (κ1) is 12.7.